The molecule has 278 valence electrons. The average Bonchev–Trinajstić information content (AvgIpc) is 2.89. The number of benzene rings is 3. The highest BCUT2D eigenvalue weighted by Crippen LogP contribution is 2.50. The molecule has 0 aliphatic carbocycles. The summed E-state index contributed by atoms with van der Waals surface area (Å²) >= 11 is 0. The Labute approximate surface area is 309 Å². The molecule has 0 aromatic heterocycles. The Morgan fingerprint density at radius 3 is 0.760 bits per heavy atom. The van der Waals surface area contributed by atoms with E-state index in [9.17, 15) is 0 Å². The summed E-state index contributed by atoms with van der Waals surface area (Å²) in [6, 6.07) is 19.7. The summed E-state index contributed by atoms with van der Waals surface area (Å²) in [7, 11) is -1.89. The van der Waals surface area contributed by atoms with E-state index in [1.807, 2.05) is 13.8 Å². The summed E-state index contributed by atoms with van der Waals surface area (Å²) in [5.74, 6) is 2.37. The molecule has 0 N–H and O–H groups in total. The van der Waals surface area contributed by atoms with Gasteiger partial charge in [-0.1, -0.05) is 167 Å². The molecule has 0 aliphatic rings. The molecule has 0 bridgehead atoms. The Hall–Kier alpha value is -2.77. The molecule has 3 nitrogen and oxygen atoms in total. The van der Waals surface area contributed by atoms with Crippen LogP contribution in [0.2, 0.25) is 0 Å². The summed E-state index contributed by atoms with van der Waals surface area (Å²) in [6.45, 7) is 47.8. The molecular formula is C46H71O3P. The van der Waals surface area contributed by atoms with Crippen molar-refractivity contribution in [3.8, 4) is 17.2 Å². The van der Waals surface area contributed by atoms with E-state index in [1.165, 1.54) is 22.3 Å². The molecule has 0 fully saturated rings. The maximum Gasteiger partial charge on any atom is 0.530 e. The van der Waals surface area contributed by atoms with Gasteiger partial charge < -0.3 is 13.6 Å². The van der Waals surface area contributed by atoms with Gasteiger partial charge in [0.1, 0.15) is 17.2 Å². The third-order valence-electron chi connectivity index (χ3n) is 8.48. The van der Waals surface area contributed by atoms with Crippen LogP contribution in [0.1, 0.15) is 172 Å². The van der Waals surface area contributed by atoms with E-state index >= 15 is 0 Å². The van der Waals surface area contributed by atoms with Crippen LogP contribution in [0, 0.1) is 0 Å². The van der Waals surface area contributed by atoms with Crippen molar-refractivity contribution in [3.05, 3.63) is 100 Å². The van der Waals surface area contributed by atoms with Crippen LogP contribution in [0.25, 0.3) is 0 Å². The van der Waals surface area contributed by atoms with Gasteiger partial charge in [0.05, 0.1) is 0 Å². The van der Waals surface area contributed by atoms with Crippen molar-refractivity contribution in [2.24, 2.45) is 0 Å². The van der Waals surface area contributed by atoms with Crippen molar-refractivity contribution in [2.75, 3.05) is 0 Å². The van der Waals surface area contributed by atoms with Gasteiger partial charge in [-0.05, 0) is 81.2 Å². The molecule has 0 atom stereocenters. The number of rotatable bonds is 6. The lowest BCUT2D eigenvalue weighted by Crippen LogP contribution is -2.20. The first-order chi connectivity index (χ1) is 22.3. The highest BCUT2D eigenvalue weighted by atomic mass is 31.2. The number of hydrogen-bond donors (Lipinski definition) is 0. The fourth-order valence-electron chi connectivity index (χ4n) is 5.28. The van der Waals surface area contributed by atoms with Crippen molar-refractivity contribution < 1.29 is 13.6 Å². The van der Waals surface area contributed by atoms with Crippen molar-refractivity contribution in [1.29, 1.82) is 0 Å². The van der Waals surface area contributed by atoms with Crippen LogP contribution in [0.4, 0.5) is 0 Å². The van der Waals surface area contributed by atoms with Gasteiger partial charge in [0.15, 0.2) is 0 Å². The van der Waals surface area contributed by atoms with E-state index < -0.39 is 8.60 Å². The molecule has 0 radical (unpaired) electrons. The van der Waals surface area contributed by atoms with Crippen LogP contribution in [0.3, 0.4) is 0 Å². The average molecular weight is 703 g/mol. The van der Waals surface area contributed by atoms with E-state index in [1.54, 1.807) is 0 Å². The molecule has 0 spiro atoms. The van der Waals surface area contributed by atoms with E-state index in [4.69, 9.17) is 13.6 Å². The monoisotopic (exact) mass is 703 g/mol. The zero-order valence-electron chi connectivity index (χ0n) is 35.6. The van der Waals surface area contributed by atoms with Gasteiger partial charge in [0, 0.05) is 16.7 Å². The predicted octanol–water partition coefficient (Wildman–Crippen LogP) is 14.8. The standard InChI is InChI=1S/C42H63O3P.C4H8/c1-37(2,3)28-19-22-34(31(25-28)40(10,11)12)43-46(44-35-23-20-29(38(4,5)6)26-32(35)41(13,14)15)45-36-24-21-30(39(7,8)9)27-33(36)42(16,17)18;1-4(2)3/h19-27H,1-18H3;1H2,2-3H3. The molecular weight excluding hydrogens is 631 g/mol. The van der Waals surface area contributed by atoms with Crippen molar-refractivity contribution in [1.82, 2.24) is 0 Å². The zero-order chi connectivity index (χ0) is 38.8. The first kappa shape index (κ1) is 43.4. The summed E-state index contributed by atoms with van der Waals surface area (Å²) in [6.07, 6.45) is 0. The topological polar surface area (TPSA) is 27.7 Å². The highest BCUT2D eigenvalue weighted by molar-refractivity contribution is 7.43. The minimum Gasteiger partial charge on any atom is -0.408 e. The molecule has 3 aromatic carbocycles. The molecule has 3 aromatic rings. The third kappa shape index (κ3) is 12.5. The van der Waals surface area contributed by atoms with Crippen LogP contribution in [0.5, 0.6) is 17.2 Å². The van der Waals surface area contributed by atoms with Gasteiger partial charge in [-0.25, -0.2) is 0 Å². The van der Waals surface area contributed by atoms with Crippen LogP contribution in [-0.2, 0) is 32.5 Å². The predicted molar refractivity (Wildman–Crippen MR) is 221 cm³/mol. The third-order valence-corrected chi connectivity index (χ3v) is 9.52. The van der Waals surface area contributed by atoms with Gasteiger partial charge in [0.2, 0.25) is 0 Å². The molecule has 0 saturated heterocycles. The van der Waals surface area contributed by atoms with Gasteiger partial charge in [0.25, 0.3) is 0 Å². The molecule has 50 heavy (non-hydrogen) atoms. The van der Waals surface area contributed by atoms with Crippen LogP contribution >= 0.6 is 8.60 Å². The molecule has 0 saturated carbocycles. The van der Waals surface area contributed by atoms with E-state index in [0.717, 1.165) is 33.9 Å². The lowest BCUT2D eigenvalue weighted by Gasteiger charge is -2.31. The molecule has 0 amide bonds. The Balaban J connectivity index is 0.00000205. The lowest BCUT2D eigenvalue weighted by atomic mass is 9.80. The van der Waals surface area contributed by atoms with E-state index in [2.05, 4.69) is 186 Å². The largest absolute Gasteiger partial charge is 0.530 e. The quantitative estimate of drug-likeness (QED) is 0.189. The second-order valence-electron chi connectivity index (χ2n) is 20.3. The Morgan fingerprint density at radius 2 is 0.600 bits per heavy atom. The minimum atomic E-state index is -1.89. The number of allylic oxidation sites excluding steroid dienone is 1. The highest BCUT2D eigenvalue weighted by Gasteiger charge is 2.32. The maximum atomic E-state index is 6.90. The Bertz CT molecular complexity index is 1420. The molecule has 0 heterocycles. The first-order valence-electron chi connectivity index (χ1n) is 18.2. The van der Waals surface area contributed by atoms with Crippen LogP contribution in [0.15, 0.2) is 66.7 Å². The van der Waals surface area contributed by atoms with Gasteiger partial charge in [-0.3, -0.25) is 0 Å². The summed E-state index contributed by atoms with van der Waals surface area (Å²) in [5.41, 5.74) is 8.02. The number of hydrogen-bond acceptors (Lipinski definition) is 3. The Kier molecular flexibility index (Phi) is 13.4. The Morgan fingerprint density at radius 1 is 0.400 bits per heavy atom. The molecule has 0 aliphatic heterocycles. The fraction of sp³-hybridized carbons (Fsp3) is 0.565. The van der Waals surface area contributed by atoms with E-state index in [-0.39, 0.29) is 32.5 Å². The van der Waals surface area contributed by atoms with Gasteiger partial charge in [-0.15, -0.1) is 6.58 Å². The molecule has 0 unspecified atom stereocenters. The smallest absolute Gasteiger partial charge is 0.408 e. The van der Waals surface area contributed by atoms with Crippen LogP contribution < -0.4 is 13.6 Å². The normalized spacial score (nSPS) is 13.1. The summed E-state index contributed by atoms with van der Waals surface area (Å²) in [5, 5.41) is 0. The SMILES string of the molecule is C=C(C)C.CC(C)(C)c1ccc(OP(Oc2ccc(C(C)(C)C)cc2C(C)(C)C)Oc2ccc(C(C)(C)C)cc2C(C)(C)C)c(C(C)(C)C)c1. The van der Waals surface area contributed by atoms with Gasteiger partial charge in [-0.2, -0.15) is 0 Å². The van der Waals surface area contributed by atoms with Crippen LogP contribution in [-0.4, -0.2) is 0 Å². The maximum absolute atomic E-state index is 6.90. The van der Waals surface area contributed by atoms with Gasteiger partial charge >= 0.3 is 8.60 Å². The zero-order valence-corrected chi connectivity index (χ0v) is 36.5. The minimum absolute atomic E-state index is 0.0170. The second kappa shape index (κ2) is 15.5. The summed E-state index contributed by atoms with van der Waals surface area (Å²) < 4.78 is 20.7. The van der Waals surface area contributed by atoms with Crippen molar-refractivity contribution >= 4 is 8.60 Å². The summed E-state index contributed by atoms with van der Waals surface area (Å²) in [4.78, 5) is 0. The van der Waals surface area contributed by atoms with Crippen molar-refractivity contribution in [2.45, 2.75) is 171 Å². The second-order valence-corrected chi connectivity index (χ2v) is 21.3. The first-order valence-corrected chi connectivity index (χ1v) is 19.3. The van der Waals surface area contributed by atoms with Crippen molar-refractivity contribution in [3.63, 3.8) is 0 Å². The molecule has 4 heteroatoms. The lowest BCUT2D eigenvalue weighted by molar-refractivity contribution is 0.371. The van der Waals surface area contributed by atoms with E-state index in [0.29, 0.717) is 0 Å². The molecule has 3 rings (SSSR count). The fourth-order valence-corrected chi connectivity index (χ4v) is 6.35.